The van der Waals surface area contributed by atoms with Gasteiger partial charge in [-0.05, 0) is 11.8 Å². The maximum absolute atomic E-state index is 13.8. The molecule has 7 nitrogen and oxygen atoms in total. The van der Waals surface area contributed by atoms with E-state index >= 15 is 0 Å². The van der Waals surface area contributed by atoms with Crippen LogP contribution < -0.4 is 5.32 Å². The number of alkyl halides is 1. The van der Waals surface area contributed by atoms with Crippen LogP contribution in [0, 0.1) is 0 Å². The van der Waals surface area contributed by atoms with Gasteiger partial charge in [-0.1, -0.05) is 0 Å². The number of rotatable bonds is 1. The minimum atomic E-state index is -1.67. The van der Waals surface area contributed by atoms with Crippen LogP contribution in [0.25, 0.3) is 0 Å². The van der Waals surface area contributed by atoms with E-state index in [-0.39, 0.29) is 5.23 Å². The number of thioether (sulfide) groups is 1. The van der Waals surface area contributed by atoms with Crippen molar-refractivity contribution < 1.29 is 28.9 Å². The van der Waals surface area contributed by atoms with Gasteiger partial charge in [-0.25, -0.2) is 14.2 Å². The molecule has 0 aliphatic carbocycles. The summed E-state index contributed by atoms with van der Waals surface area (Å²) in [5.41, 5.74) is -0.708. The Morgan fingerprint density at radius 3 is 3.06 bits per heavy atom. The second-order valence-corrected chi connectivity index (χ2v) is 4.85. The molecule has 0 unspecified atom stereocenters. The summed E-state index contributed by atoms with van der Waals surface area (Å²) >= 11 is 0.946. The fourth-order valence-corrected chi connectivity index (χ4v) is 2.76. The lowest BCUT2D eigenvalue weighted by atomic mass is 10.0. The Balaban J connectivity index is 2.05. The average molecular weight is 280 g/mol. The molecular formula is C9H13FN2O5S. The molecule has 1 amide bonds. The molecule has 0 aromatic rings. The predicted molar refractivity (Wildman–Crippen MR) is 61.0 cm³/mol. The highest BCUT2D eigenvalue weighted by Crippen LogP contribution is 2.37. The highest BCUT2D eigenvalue weighted by molar-refractivity contribution is 8.14. The standard InChI is InChI=1S/C9H13FN2O5S/c1-11-8(15)17-9-12-5-4(10)6(14)3(2-13)16-7(5)18-9/h3-7,13-14H,2H2,1H3,(H,11,15)/t3-,4+,5-,6-,7-/m1/s1. The number of aliphatic hydroxyl groups is 2. The van der Waals surface area contributed by atoms with Gasteiger partial charge in [-0.15, -0.1) is 0 Å². The van der Waals surface area contributed by atoms with Gasteiger partial charge in [-0.2, -0.15) is 0 Å². The summed E-state index contributed by atoms with van der Waals surface area (Å²) in [6, 6.07) is -0.938. The third-order valence-corrected chi connectivity index (χ3v) is 3.67. The monoisotopic (exact) mass is 280 g/mol. The number of nitrogens with zero attached hydrogens (tertiary/aromatic N) is 1. The molecule has 0 radical (unpaired) electrons. The minimum absolute atomic E-state index is 0.0159. The van der Waals surface area contributed by atoms with Crippen molar-refractivity contribution in [2.24, 2.45) is 4.99 Å². The van der Waals surface area contributed by atoms with Crippen LogP contribution in [-0.2, 0) is 9.47 Å². The summed E-state index contributed by atoms with van der Waals surface area (Å²) in [6.45, 7) is -0.489. The number of aliphatic imine (C=N–C) groups is 1. The Hall–Kier alpha value is -0.900. The van der Waals surface area contributed by atoms with Crippen LogP contribution in [0.1, 0.15) is 0 Å². The van der Waals surface area contributed by atoms with Gasteiger partial charge in [0.1, 0.15) is 23.7 Å². The van der Waals surface area contributed by atoms with Gasteiger partial charge in [0.15, 0.2) is 6.17 Å². The van der Waals surface area contributed by atoms with E-state index in [0.717, 1.165) is 11.8 Å². The van der Waals surface area contributed by atoms with Gasteiger partial charge in [0.2, 0.25) is 0 Å². The predicted octanol–water partition coefficient (Wildman–Crippen LogP) is -0.770. The molecule has 3 N–H and O–H groups in total. The lowest BCUT2D eigenvalue weighted by Crippen LogP contribution is -2.53. The first-order valence-electron chi connectivity index (χ1n) is 5.29. The number of halogens is 1. The summed E-state index contributed by atoms with van der Waals surface area (Å²) in [5.74, 6) is 0. The third kappa shape index (κ3) is 2.44. The molecule has 1 fully saturated rings. The first-order chi connectivity index (χ1) is 8.56. The number of fused-ring (bicyclic) bond motifs is 1. The molecule has 0 saturated carbocycles. The fraction of sp³-hybridized carbons (Fsp3) is 0.778. The average Bonchev–Trinajstić information content (AvgIpc) is 2.76. The number of carbonyl (C=O) groups excluding carboxylic acids is 1. The lowest BCUT2D eigenvalue weighted by molar-refractivity contribution is -0.144. The van der Waals surface area contributed by atoms with E-state index in [4.69, 9.17) is 14.6 Å². The molecule has 0 spiro atoms. The Morgan fingerprint density at radius 2 is 2.44 bits per heavy atom. The molecular weight excluding hydrogens is 267 g/mol. The Kier molecular flexibility index (Phi) is 4.05. The molecule has 0 aromatic heterocycles. The molecule has 2 rings (SSSR count). The van der Waals surface area contributed by atoms with Crippen LogP contribution in [-0.4, -0.2) is 65.0 Å². The topological polar surface area (TPSA) is 100 Å². The molecule has 5 atom stereocenters. The first-order valence-corrected chi connectivity index (χ1v) is 6.17. The van der Waals surface area contributed by atoms with E-state index < -0.39 is 42.6 Å². The van der Waals surface area contributed by atoms with Crippen molar-refractivity contribution in [2.45, 2.75) is 29.9 Å². The highest BCUT2D eigenvalue weighted by Gasteiger charge is 2.49. The van der Waals surface area contributed by atoms with Crippen LogP contribution in [0.5, 0.6) is 0 Å². The second kappa shape index (κ2) is 5.39. The van der Waals surface area contributed by atoms with Crippen molar-refractivity contribution in [3.63, 3.8) is 0 Å². The van der Waals surface area contributed by atoms with Crippen LogP contribution in [0.15, 0.2) is 4.99 Å². The highest BCUT2D eigenvalue weighted by atomic mass is 32.2. The molecule has 2 heterocycles. The van der Waals surface area contributed by atoms with Gasteiger partial charge in [0.05, 0.1) is 6.61 Å². The zero-order valence-electron chi connectivity index (χ0n) is 9.45. The van der Waals surface area contributed by atoms with Crippen LogP contribution in [0.4, 0.5) is 9.18 Å². The van der Waals surface area contributed by atoms with E-state index in [1.807, 2.05) is 0 Å². The summed E-state index contributed by atoms with van der Waals surface area (Å²) in [4.78, 5) is 14.8. The van der Waals surface area contributed by atoms with Crippen molar-refractivity contribution in [1.29, 1.82) is 0 Å². The zero-order valence-corrected chi connectivity index (χ0v) is 10.3. The number of nitrogens with one attached hydrogen (secondary N) is 1. The van der Waals surface area contributed by atoms with Crippen LogP contribution in [0.2, 0.25) is 0 Å². The molecule has 2 aliphatic heterocycles. The number of aliphatic hydroxyl groups excluding tert-OH is 2. The summed E-state index contributed by atoms with van der Waals surface area (Å²) in [5, 5.41) is 20.7. The SMILES string of the molecule is CNC(=O)OC1=N[C@@H]2[C@H](F)[C@H](O)[C@@H](CO)O[C@@H]2S1. The maximum atomic E-state index is 13.8. The Bertz CT molecular complexity index is 369. The van der Waals surface area contributed by atoms with E-state index in [1.165, 1.54) is 7.05 Å². The van der Waals surface area contributed by atoms with Gasteiger partial charge in [0.25, 0.3) is 5.23 Å². The van der Waals surface area contributed by atoms with E-state index in [2.05, 4.69) is 10.3 Å². The fourth-order valence-electron chi connectivity index (χ4n) is 1.70. The Labute approximate surface area is 106 Å². The molecule has 0 bridgehead atoms. The third-order valence-electron chi connectivity index (χ3n) is 2.66. The van der Waals surface area contributed by atoms with Crippen molar-refractivity contribution in [2.75, 3.05) is 13.7 Å². The van der Waals surface area contributed by atoms with Gasteiger partial charge in [0, 0.05) is 7.05 Å². The molecule has 1 saturated heterocycles. The van der Waals surface area contributed by atoms with E-state index in [0.29, 0.717) is 0 Å². The molecule has 9 heteroatoms. The van der Waals surface area contributed by atoms with Gasteiger partial charge in [-0.3, -0.25) is 0 Å². The smallest absolute Gasteiger partial charge is 0.394 e. The molecule has 0 aromatic carbocycles. The molecule has 18 heavy (non-hydrogen) atoms. The summed E-state index contributed by atoms with van der Waals surface area (Å²) in [6.07, 6.45) is -4.82. The maximum Gasteiger partial charge on any atom is 0.414 e. The molecule has 102 valence electrons. The zero-order chi connectivity index (χ0) is 13.3. The number of alkyl carbamates (subject to hydrolysis) is 1. The van der Waals surface area contributed by atoms with Gasteiger partial charge >= 0.3 is 6.09 Å². The number of ether oxygens (including phenoxy) is 2. The number of carbonyl (C=O) groups is 1. The normalized spacial score (nSPS) is 38.9. The van der Waals surface area contributed by atoms with E-state index in [9.17, 15) is 14.3 Å². The summed E-state index contributed by atoms with van der Waals surface area (Å²) in [7, 11) is 1.38. The van der Waals surface area contributed by atoms with Gasteiger partial charge < -0.3 is 25.0 Å². The first kappa shape index (κ1) is 13.5. The van der Waals surface area contributed by atoms with Crippen molar-refractivity contribution >= 4 is 23.1 Å². The van der Waals surface area contributed by atoms with Crippen LogP contribution >= 0.6 is 11.8 Å². The van der Waals surface area contributed by atoms with Crippen molar-refractivity contribution in [3.05, 3.63) is 0 Å². The van der Waals surface area contributed by atoms with Crippen LogP contribution in [0.3, 0.4) is 0 Å². The van der Waals surface area contributed by atoms with Crippen molar-refractivity contribution in [3.8, 4) is 0 Å². The Morgan fingerprint density at radius 1 is 1.72 bits per heavy atom. The lowest BCUT2D eigenvalue weighted by Gasteiger charge is -2.35. The van der Waals surface area contributed by atoms with Crippen molar-refractivity contribution in [1.82, 2.24) is 5.32 Å². The van der Waals surface area contributed by atoms with E-state index in [1.54, 1.807) is 0 Å². The summed E-state index contributed by atoms with van der Waals surface area (Å²) < 4.78 is 23.9. The number of hydrogen-bond acceptors (Lipinski definition) is 7. The minimum Gasteiger partial charge on any atom is -0.394 e. The largest absolute Gasteiger partial charge is 0.414 e. The molecule has 2 aliphatic rings. The number of hydrogen-bond donors (Lipinski definition) is 3. The number of amides is 1. The second-order valence-electron chi connectivity index (χ2n) is 3.80. The quantitative estimate of drug-likeness (QED) is 0.583.